The van der Waals surface area contributed by atoms with Crippen LogP contribution in [0.1, 0.15) is 40.7 Å². The molecule has 0 bridgehead atoms. The molecule has 6 heteroatoms. The van der Waals surface area contributed by atoms with Crippen LogP contribution < -0.4 is 10.7 Å². The Morgan fingerprint density at radius 3 is 2.48 bits per heavy atom. The molecule has 1 fully saturated rings. The molecule has 0 saturated heterocycles. The largest absolute Gasteiger partial charge is 0.322 e. The zero-order chi connectivity index (χ0) is 21.8. The second-order valence-corrected chi connectivity index (χ2v) is 7.55. The van der Waals surface area contributed by atoms with E-state index in [2.05, 4.69) is 15.8 Å². The number of halogens is 1. The molecule has 156 valence electrons. The van der Waals surface area contributed by atoms with Crippen LogP contribution in [-0.2, 0) is 4.79 Å². The van der Waals surface area contributed by atoms with Gasteiger partial charge < -0.3 is 5.32 Å². The minimum Gasteiger partial charge on any atom is -0.322 e. The van der Waals surface area contributed by atoms with Gasteiger partial charge in [0.2, 0.25) is 5.91 Å². The van der Waals surface area contributed by atoms with Crippen molar-refractivity contribution in [3.05, 3.63) is 101 Å². The Bertz CT molecular complexity index is 1140. The molecule has 0 spiro atoms. The van der Waals surface area contributed by atoms with Crippen LogP contribution in [0.25, 0.3) is 0 Å². The molecule has 2 N–H and O–H groups in total. The van der Waals surface area contributed by atoms with Crippen LogP contribution in [0.5, 0.6) is 0 Å². The van der Waals surface area contributed by atoms with Crippen molar-refractivity contribution >= 4 is 23.2 Å². The van der Waals surface area contributed by atoms with Gasteiger partial charge in [0, 0.05) is 11.6 Å². The van der Waals surface area contributed by atoms with Crippen molar-refractivity contribution in [3.63, 3.8) is 0 Å². The first-order valence-electron chi connectivity index (χ1n) is 10.1. The summed E-state index contributed by atoms with van der Waals surface area (Å²) in [5, 5.41) is 6.91. The highest BCUT2D eigenvalue weighted by molar-refractivity contribution is 6.06. The molecule has 0 radical (unpaired) electrons. The molecule has 1 saturated carbocycles. The highest BCUT2D eigenvalue weighted by Crippen LogP contribution is 2.47. The lowest BCUT2D eigenvalue weighted by Gasteiger charge is -2.08. The molecule has 0 aliphatic heterocycles. The van der Waals surface area contributed by atoms with E-state index < -0.39 is 11.7 Å². The summed E-state index contributed by atoms with van der Waals surface area (Å²) in [7, 11) is 0. The molecular weight excluding hydrogens is 393 g/mol. The number of anilines is 1. The summed E-state index contributed by atoms with van der Waals surface area (Å²) in [6.45, 7) is 1.78. The Morgan fingerprint density at radius 2 is 1.71 bits per heavy atom. The van der Waals surface area contributed by atoms with Crippen LogP contribution in [0.15, 0.2) is 84.0 Å². The smallest absolute Gasteiger partial charge is 0.258 e. The normalized spacial score (nSPS) is 17.7. The molecule has 31 heavy (non-hydrogen) atoms. The van der Waals surface area contributed by atoms with Crippen molar-refractivity contribution in [2.75, 3.05) is 5.32 Å². The monoisotopic (exact) mass is 415 g/mol. The van der Waals surface area contributed by atoms with Crippen molar-refractivity contribution in [1.29, 1.82) is 0 Å². The van der Waals surface area contributed by atoms with Crippen LogP contribution >= 0.6 is 0 Å². The van der Waals surface area contributed by atoms with Gasteiger partial charge in [-0.3, -0.25) is 9.59 Å². The van der Waals surface area contributed by atoms with E-state index in [4.69, 9.17) is 0 Å². The Labute approximate surface area is 180 Å². The van der Waals surface area contributed by atoms with E-state index in [0.29, 0.717) is 11.4 Å². The minimum absolute atomic E-state index is 0.0250. The first-order chi connectivity index (χ1) is 15.0. The lowest BCUT2D eigenvalue weighted by atomic mass is 10.1. The van der Waals surface area contributed by atoms with Crippen LogP contribution in [0, 0.1) is 11.7 Å². The number of hydrogen-bond acceptors (Lipinski definition) is 3. The highest BCUT2D eigenvalue weighted by Gasteiger charge is 2.43. The molecule has 0 unspecified atom stereocenters. The van der Waals surface area contributed by atoms with E-state index in [0.717, 1.165) is 12.0 Å². The molecule has 3 aromatic carbocycles. The lowest BCUT2D eigenvalue weighted by Crippen LogP contribution is -2.21. The predicted molar refractivity (Wildman–Crippen MR) is 118 cm³/mol. The van der Waals surface area contributed by atoms with Gasteiger partial charge in [0.1, 0.15) is 5.82 Å². The van der Waals surface area contributed by atoms with Gasteiger partial charge >= 0.3 is 0 Å². The molecule has 1 aliphatic rings. The zero-order valence-corrected chi connectivity index (χ0v) is 17.0. The van der Waals surface area contributed by atoms with Gasteiger partial charge in [-0.1, -0.05) is 54.6 Å². The van der Waals surface area contributed by atoms with E-state index in [9.17, 15) is 14.0 Å². The van der Waals surface area contributed by atoms with E-state index in [1.807, 2.05) is 36.4 Å². The average Bonchev–Trinajstić information content (AvgIpc) is 3.59. The molecule has 0 heterocycles. The van der Waals surface area contributed by atoms with Crippen molar-refractivity contribution in [2.45, 2.75) is 19.3 Å². The molecule has 1 aliphatic carbocycles. The molecular formula is C25H22FN3O2. The van der Waals surface area contributed by atoms with Gasteiger partial charge in [-0.05, 0) is 54.7 Å². The molecule has 3 aromatic rings. The number of hydrogen-bond donors (Lipinski definition) is 2. The van der Waals surface area contributed by atoms with Crippen LogP contribution in [0.3, 0.4) is 0 Å². The van der Waals surface area contributed by atoms with Crippen LogP contribution in [-0.4, -0.2) is 17.5 Å². The van der Waals surface area contributed by atoms with E-state index in [1.165, 1.54) is 23.8 Å². The Hall–Kier alpha value is -3.80. The number of nitrogens with one attached hydrogen (secondary N) is 2. The van der Waals surface area contributed by atoms with Crippen molar-refractivity contribution in [3.8, 4) is 0 Å². The molecule has 5 nitrogen and oxygen atoms in total. The van der Waals surface area contributed by atoms with Gasteiger partial charge in [0.25, 0.3) is 5.91 Å². The fourth-order valence-electron chi connectivity index (χ4n) is 3.51. The number of amides is 2. The Balaban J connectivity index is 1.38. The average molecular weight is 415 g/mol. The molecule has 4 rings (SSSR count). The van der Waals surface area contributed by atoms with E-state index >= 15 is 0 Å². The summed E-state index contributed by atoms with van der Waals surface area (Å²) < 4.78 is 13.8. The summed E-state index contributed by atoms with van der Waals surface area (Å²) in [6.07, 6.45) is 0.821. The number of benzene rings is 3. The number of nitrogens with zero attached hydrogens (tertiary/aromatic N) is 1. The summed E-state index contributed by atoms with van der Waals surface area (Å²) >= 11 is 0. The highest BCUT2D eigenvalue weighted by atomic mass is 19.1. The molecule has 2 amide bonds. The first kappa shape index (κ1) is 20.5. The van der Waals surface area contributed by atoms with Gasteiger partial charge in [-0.15, -0.1) is 0 Å². The minimum atomic E-state index is -0.578. The topological polar surface area (TPSA) is 70.6 Å². The van der Waals surface area contributed by atoms with E-state index in [1.54, 1.807) is 31.2 Å². The van der Waals surface area contributed by atoms with Crippen LogP contribution in [0.4, 0.5) is 10.1 Å². The van der Waals surface area contributed by atoms with Gasteiger partial charge in [-0.25, -0.2) is 9.82 Å². The number of carbonyl (C=O) groups excluding carboxylic acids is 2. The third-order valence-corrected chi connectivity index (χ3v) is 5.35. The standard InChI is InChI=1S/C25H22FN3O2/c1-16(28-29-25(31)22-15-21(22)17-8-3-2-4-9-17)18-10-7-11-19(14-18)27-24(30)20-12-5-6-13-23(20)26/h2-14,21-22H,15H2,1H3,(H,27,30)(H,29,31)/t21-,22+/m1/s1. The lowest BCUT2D eigenvalue weighted by molar-refractivity contribution is -0.122. The predicted octanol–water partition coefficient (Wildman–Crippen LogP) is 4.72. The summed E-state index contributed by atoms with van der Waals surface area (Å²) in [4.78, 5) is 24.7. The fraction of sp³-hybridized carbons (Fsp3) is 0.160. The van der Waals surface area contributed by atoms with Crippen LogP contribution in [0.2, 0.25) is 0 Å². The third kappa shape index (κ3) is 4.86. The second-order valence-electron chi connectivity index (χ2n) is 7.55. The third-order valence-electron chi connectivity index (χ3n) is 5.35. The Morgan fingerprint density at radius 1 is 0.968 bits per heavy atom. The van der Waals surface area contributed by atoms with Gasteiger partial charge in [0.05, 0.1) is 11.3 Å². The number of carbonyl (C=O) groups is 2. The maximum absolute atomic E-state index is 13.8. The second kappa shape index (κ2) is 8.92. The molecule has 0 aromatic heterocycles. The fourth-order valence-corrected chi connectivity index (χ4v) is 3.51. The maximum atomic E-state index is 13.8. The zero-order valence-electron chi connectivity index (χ0n) is 17.0. The van der Waals surface area contributed by atoms with Gasteiger partial charge in [-0.2, -0.15) is 5.10 Å². The van der Waals surface area contributed by atoms with Gasteiger partial charge in [0.15, 0.2) is 0 Å². The Kier molecular flexibility index (Phi) is 5.89. The first-order valence-corrected chi connectivity index (χ1v) is 10.1. The van der Waals surface area contributed by atoms with Crippen molar-refractivity contribution in [2.24, 2.45) is 11.0 Å². The number of rotatable bonds is 6. The number of hydrazone groups is 1. The summed E-state index contributed by atoms with van der Waals surface area (Å²) in [5.41, 5.74) is 5.65. The molecule has 2 atom stereocenters. The SMILES string of the molecule is CC(=NNC(=O)[C@H]1C[C@@H]1c1ccccc1)c1cccc(NC(=O)c2ccccc2F)c1. The maximum Gasteiger partial charge on any atom is 0.258 e. The summed E-state index contributed by atoms with van der Waals surface area (Å²) in [5.74, 6) is -1.03. The summed E-state index contributed by atoms with van der Waals surface area (Å²) in [6, 6.07) is 22.8. The van der Waals surface area contributed by atoms with E-state index in [-0.39, 0.29) is 23.3 Å². The van der Waals surface area contributed by atoms with Crippen molar-refractivity contribution in [1.82, 2.24) is 5.43 Å². The van der Waals surface area contributed by atoms with Crippen molar-refractivity contribution < 1.29 is 14.0 Å². The quantitative estimate of drug-likeness (QED) is 0.452.